The summed E-state index contributed by atoms with van der Waals surface area (Å²) in [6.45, 7) is 1.93. The second kappa shape index (κ2) is 5.12. The lowest BCUT2D eigenvalue weighted by Crippen LogP contribution is -2.24. The molecule has 1 heterocycles. The molecule has 0 aliphatic rings. The lowest BCUT2D eigenvalue weighted by Gasteiger charge is -2.13. The summed E-state index contributed by atoms with van der Waals surface area (Å²) in [5, 5.41) is 20.5. The number of aliphatic hydroxyl groups is 1. The number of hydrogen-bond donors (Lipinski definition) is 3. The molecule has 6 heteroatoms. The van der Waals surface area contributed by atoms with Crippen molar-refractivity contribution in [1.29, 1.82) is 5.26 Å². The summed E-state index contributed by atoms with van der Waals surface area (Å²) in [6, 6.07) is 1.78. The average molecular weight is 207 g/mol. The van der Waals surface area contributed by atoms with Gasteiger partial charge in [-0.1, -0.05) is 6.92 Å². The van der Waals surface area contributed by atoms with E-state index < -0.39 is 0 Å². The van der Waals surface area contributed by atoms with Gasteiger partial charge in [-0.25, -0.2) is 4.98 Å². The molecular weight excluding hydrogens is 194 g/mol. The maximum atomic E-state index is 8.96. The minimum Gasteiger partial charge on any atom is -0.394 e. The molecule has 6 nitrogen and oxygen atoms in total. The van der Waals surface area contributed by atoms with Gasteiger partial charge in [-0.15, -0.1) is 0 Å². The number of anilines is 2. The minimum atomic E-state index is -0.0997. The van der Waals surface area contributed by atoms with Gasteiger partial charge in [-0.2, -0.15) is 10.2 Å². The van der Waals surface area contributed by atoms with Crippen LogP contribution in [0.4, 0.5) is 11.8 Å². The Labute approximate surface area is 87.8 Å². The SMILES string of the molecule is CC[C@H](CO)Nc1ncc(C#N)c(N)n1. The van der Waals surface area contributed by atoms with Crippen LogP contribution in [0.15, 0.2) is 6.20 Å². The quantitative estimate of drug-likeness (QED) is 0.646. The highest BCUT2D eigenvalue weighted by molar-refractivity contribution is 5.49. The zero-order valence-corrected chi connectivity index (χ0v) is 8.44. The molecule has 0 aromatic carbocycles. The molecule has 15 heavy (non-hydrogen) atoms. The Morgan fingerprint density at radius 1 is 1.73 bits per heavy atom. The highest BCUT2D eigenvalue weighted by Gasteiger charge is 2.07. The molecule has 0 saturated heterocycles. The number of hydrogen-bond acceptors (Lipinski definition) is 6. The van der Waals surface area contributed by atoms with E-state index in [1.54, 1.807) is 0 Å². The van der Waals surface area contributed by atoms with Gasteiger partial charge in [0.15, 0.2) is 0 Å². The monoisotopic (exact) mass is 207 g/mol. The Kier molecular flexibility index (Phi) is 3.83. The first-order chi connectivity index (χ1) is 7.21. The number of aromatic nitrogens is 2. The third kappa shape index (κ3) is 2.79. The largest absolute Gasteiger partial charge is 0.394 e. The van der Waals surface area contributed by atoms with E-state index >= 15 is 0 Å². The van der Waals surface area contributed by atoms with Crippen molar-refractivity contribution < 1.29 is 5.11 Å². The smallest absolute Gasteiger partial charge is 0.224 e. The summed E-state index contributed by atoms with van der Waals surface area (Å²) in [4.78, 5) is 7.81. The lowest BCUT2D eigenvalue weighted by atomic mass is 10.2. The number of nitrogens with zero attached hydrogens (tertiary/aromatic N) is 3. The van der Waals surface area contributed by atoms with Crippen LogP contribution in [0.3, 0.4) is 0 Å². The number of aliphatic hydroxyl groups excluding tert-OH is 1. The van der Waals surface area contributed by atoms with Crippen molar-refractivity contribution in [3.63, 3.8) is 0 Å². The zero-order chi connectivity index (χ0) is 11.3. The van der Waals surface area contributed by atoms with Crippen LogP contribution in [0.25, 0.3) is 0 Å². The number of rotatable bonds is 4. The molecule has 0 unspecified atom stereocenters. The van der Waals surface area contributed by atoms with Crippen molar-refractivity contribution in [2.24, 2.45) is 0 Å². The molecule has 0 aliphatic heterocycles. The summed E-state index contributed by atoms with van der Waals surface area (Å²) in [5.41, 5.74) is 5.76. The Morgan fingerprint density at radius 2 is 2.47 bits per heavy atom. The number of nitrogens with two attached hydrogens (primary N) is 1. The van der Waals surface area contributed by atoms with Crippen molar-refractivity contribution in [1.82, 2.24) is 9.97 Å². The van der Waals surface area contributed by atoms with Crippen LogP contribution >= 0.6 is 0 Å². The number of nitrogens with one attached hydrogen (secondary N) is 1. The first kappa shape index (κ1) is 11.2. The third-order valence-electron chi connectivity index (χ3n) is 1.99. The Morgan fingerprint density at radius 3 is 2.93 bits per heavy atom. The standard InChI is InChI=1S/C9H13N5O/c1-2-7(5-15)13-9-12-4-6(3-10)8(11)14-9/h4,7,15H,2,5H2,1H3,(H3,11,12,13,14)/t7-/m1/s1. The Hall–Kier alpha value is -1.87. The van der Waals surface area contributed by atoms with Crippen molar-refractivity contribution in [2.45, 2.75) is 19.4 Å². The van der Waals surface area contributed by atoms with E-state index in [0.717, 1.165) is 6.42 Å². The molecule has 1 rings (SSSR count). The van der Waals surface area contributed by atoms with E-state index in [0.29, 0.717) is 5.95 Å². The maximum Gasteiger partial charge on any atom is 0.224 e. The molecule has 1 atom stereocenters. The van der Waals surface area contributed by atoms with E-state index in [2.05, 4.69) is 15.3 Å². The van der Waals surface area contributed by atoms with Gasteiger partial charge in [0.1, 0.15) is 17.5 Å². The van der Waals surface area contributed by atoms with Gasteiger partial charge < -0.3 is 16.2 Å². The second-order valence-corrected chi connectivity index (χ2v) is 3.04. The predicted molar refractivity (Wildman–Crippen MR) is 55.9 cm³/mol. The summed E-state index contributed by atoms with van der Waals surface area (Å²) in [6.07, 6.45) is 2.11. The van der Waals surface area contributed by atoms with Crippen molar-refractivity contribution in [3.8, 4) is 6.07 Å². The molecule has 1 aromatic heterocycles. The first-order valence-electron chi connectivity index (χ1n) is 4.61. The molecule has 0 aliphatic carbocycles. The molecule has 1 aromatic rings. The summed E-state index contributed by atoms with van der Waals surface area (Å²) < 4.78 is 0. The average Bonchev–Trinajstić information content (AvgIpc) is 2.26. The van der Waals surface area contributed by atoms with E-state index in [-0.39, 0.29) is 24.0 Å². The van der Waals surface area contributed by atoms with Crippen LogP contribution in [0.2, 0.25) is 0 Å². The molecule has 0 fully saturated rings. The molecule has 0 saturated carbocycles. The van der Waals surface area contributed by atoms with Gasteiger partial charge in [0.2, 0.25) is 5.95 Å². The molecule has 0 spiro atoms. The number of nitriles is 1. The van der Waals surface area contributed by atoms with E-state index in [4.69, 9.17) is 16.1 Å². The zero-order valence-electron chi connectivity index (χ0n) is 8.44. The van der Waals surface area contributed by atoms with Gasteiger partial charge in [-0.05, 0) is 6.42 Å². The van der Waals surface area contributed by atoms with E-state index in [1.165, 1.54) is 6.20 Å². The molecule has 80 valence electrons. The fourth-order valence-corrected chi connectivity index (χ4v) is 1.01. The maximum absolute atomic E-state index is 8.96. The van der Waals surface area contributed by atoms with E-state index in [1.807, 2.05) is 13.0 Å². The normalized spacial score (nSPS) is 11.8. The third-order valence-corrected chi connectivity index (χ3v) is 1.99. The van der Waals surface area contributed by atoms with Gasteiger partial charge in [0.25, 0.3) is 0 Å². The second-order valence-electron chi connectivity index (χ2n) is 3.04. The lowest BCUT2D eigenvalue weighted by molar-refractivity contribution is 0.271. The van der Waals surface area contributed by atoms with Crippen molar-refractivity contribution >= 4 is 11.8 Å². The molecule has 0 amide bonds. The summed E-state index contributed by atoms with van der Waals surface area (Å²) in [5.74, 6) is 0.468. The number of nitrogen functional groups attached to an aromatic ring is 1. The van der Waals surface area contributed by atoms with Crippen LogP contribution in [0, 0.1) is 11.3 Å². The minimum absolute atomic E-state index is 0.000232. The van der Waals surface area contributed by atoms with Gasteiger partial charge >= 0.3 is 0 Å². The fourth-order valence-electron chi connectivity index (χ4n) is 1.01. The fraction of sp³-hybridized carbons (Fsp3) is 0.444. The Bertz CT molecular complexity index is 369. The Balaban J connectivity index is 2.80. The summed E-state index contributed by atoms with van der Waals surface area (Å²) in [7, 11) is 0. The molecule has 0 radical (unpaired) electrons. The van der Waals surface area contributed by atoms with Gasteiger partial charge in [-0.3, -0.25) is 0 Å². The van der Waals surface area contributed by atoms with Crippen LogP contribution in [0.5, 0.6) is 0 Å². The van der Waals surface area contributed by atoms with Crippen molar-refractivity contribution in [3.05, 3.63) is 11.8 Å². The van der Waals surface area contributed by atoms with Gasteiger partial charge in [0.05, 0.1) is 18.8 Å². The van der Waals surface area contributed by atoms with Crippen LogP contribution in [0.1, 0.15) is 18.9 Å². The van der Waals surface area contributed by atoms with Crippen LogP contribution in [-0.4, -0.2) is 27.7 Å². The van der Waals surface area contributed by atoms with Gasteiger partial charge in [0, 0.05) is 0 Å². The van der Waals surface area contributed by atoms with Crippen LogP contribution < -0.4 is 11.1 Å². The topological polar surface area (TPSA) is 108 Å². The molecule has 4 N–H and O–H groups in total. The molecular formula is C9H13N5O. The predicted octanol–water partition coefficient (Wildman–Crippen LogP) is 0.113. The first-order valence-corrected chi connectivity index (χ1v) is 4.61. The summed E-state index contributed by atoms with van der Waals surface area (Å²) >= 11 is 0. The van der Waals surface area contributed by atoms with Crippen molar-refractivity contribution in [2.75, 3.05) is 17.7 Å². The molecule has 0 bridgehead atoms. The van der Waals surface area contributed by atoms with E-state index in [9.17, 15) is 0 Å². The van der Waals surface area contributed by atoms with Crippen LogP contribution in [-0.2, 0) is 0 Å². The highest BCUT2D eigenvalue weighted by Crippen LogP contribution is 2.09. The highest BCUT2D eigenvalue weighted by atomic mass is 16.3.